The fraction of sp³-hybridized carbons (Fsp3) is 0.478. The van der Waals surface area contributed by atoms with Crippen molar-refractivity contribution in [1.82, 2.24) is 24.0 Å². The molecule has 0 aliphatic carbocycles. The third kappa shape index (κ3) is 4.91. The highest BCUT2D eigenvalue weighted by Gasteiger charge is 2.25. The second-order valence-corrected chi connectivity index (χ2v) is 8.26. The SMILES string of the molecule is COCCn1cnc2c1c(=O)n(CC(=O)NC(C)C1CCCO1)c(=O)n2Cc1ccccc1. The van der Waals surface area contributed by atoms with Crippen molar-refractivity contribution in [3.63, 3.8) is 0 Å². The van der Waals surface area contributed by atoms with Gasteiger partial charge in [-0.25, -0.2) is 14.3 Å². The zero-order valence-corrected chi connectivity index (χ0v) is 18.9. The minimum Gasteiger partial charge on any atom is -0.383 e. The van der Waals surface area contributed by atoms with Crippen molar-refractivity contribution in [3.8, 4) is 0 Å². The molecule has 2 unspecified atom stereocenters. The number of imidazole rings is 1. The van der Waals surface area contributed by atoms with Crippen LogP contribution in [0.15, 0.2) is 46.2 Å². The van der Waals surface area contributed by atoms with E-state index in [0.717, 1.165) is 23.0 Å². The summed E-state index contributed by atoms with van der Waals surface area (Å²) in [6.07, 6.45) is 3.29. The Labute approximate surface area is 190 Å². The molecule has 0 saturated carbocycles. The number of nitrogens with one attached hydrogen (secondary N) is 1. The molecule has 2 aromatic heterocycles. The first-order valence-corrected chi connectivity index (χ1v) is 11.1. The molecule has 1 aliphatic heterocycles. The Hall–Kier alpha value is -3.24. The van der Waals surface area contributed by atoms with Crippen LogP contribution in [0.3, 0.4) is 0 Å². The molecule has 3 heterocycles. The maximum absolute atomic E-state index is 13.4. The molecule has 4 rings (SSSR count). The highest BCUT2D eigenvalue weighted by molar-refractivity contribution is 5.77. The summed E-state index contributed by atoms with van der Waals surface area (Å²) in [4.78, 5) is 43.8. The largest absolute Gasteiger partial charge is 0.383 e. The van der Waals surface area contributed by atoms with Gasteiger partial charge in [0, 0.05) is 20.3 Å². The zero-order valence-electron chi connectivity index (χ0n) is 18.9. The summed E-state index contributed by atoms with van der Waals surface area (Å²) >= 11 is 0. The maximum Gasteiger partial charge on any atom is 0.333 e. The van der Waals surface area contributed by atoms with E-state index in [1.165, 1.54) is 10.9 Å². The van der Waals surface area contributed by atoms with E-state index in [1.807, 2.05) is 37.3 Å². The number of benzene rings is 1. The number of aromatic nitrogens is 4. The Morgan fingerprint density at radius 3 is 2.76 bits per heavy atom. The van der Waals surface area contributed by atoms with Crippen molar-refractivity contribution in [2.75, 3.05) is 20.3 Å². The molecule has 1 aliphatic rings. The number of hydrogen-bond donors (Lipinski definition) is 1. The average Bonchev–Trinajstić information content (AvgIpc) is 3.49. The highest BCUT2D eigenvalue weighted by atomic mass is 16.5. The van der Waals surface area contributed by atoms with Crippen LogP contribution in [-0.4, -0.2) is 57.1 Å². The van der Waals surface area contributed by atoms with Gasteiger partial charge in [0.25, 0.3) is 5.56 Å². The van der Waals surface area contributed by atoms with E-state index in [1.54, 1.807) is 11.7 Å². The number of ether oxygens (including phenoxy) is 2. The van der Waals surface area contributed by atoms with Gasteiger partial charge < -0.3 is 19.4 Å². The van der Waals surface area contributed by atoms with Gasteiger partial charge in [-0.05, 0) is 25.3 Å². The Kier molecular flexibility index (Phi) is 7.05. The topological polar surface area (TPSA) is 109 Å². The molecule has 1 N–H and O–H groups in total. The summed E-state index contributed by atoms with van der Waals surface area (Å²) in [6.45, 7) is 3.17. The van der Waals surface area contributed by atoms with E-state index >= 15 is 0 Å². The lowest BCUT2D eigenvalue weighted by atomic mass is 10.1. The number of carbonyl (C=O) groups excluding carboxylic acids is 1. The Balaban J connectivity index is 1.72. The minimum absolute atomic E-state index is 0.0571. The Bertz CT molecular complexity index is 1220. The summed E-state index contributed by atoms with van der Waals surface area (Å²) in [5.41, 5.74) is 0.312. The summed E-state index contributed by atoms with van der Waals surface area (Å²) in [7, 11) is 1.57. The number of fused-ring (bicyclic) bond motifs is 1. The molecule has 3 aromatic rings. The molecule has 176 valence electrons. The third-order valence-corrected chi connectivity index (χ3v) is 5.92. The lowest BCUT2D eigenvalue weighted by Gasteiger charge is -2.20. The van der Waals surface area contributed by atoms with E-state index < -0.39 is 17.2 Å². The predicted octanol–water partition coefficient (Wildman–Crippen LogP) is 0.738. The van der Waals surface area contributed by atoms with Gasteiger partial charge in [-0.1, -0.05) is 30.3 Å². The molecule has 2 atom stereocenters. The van der Waals surface area contributed by atoms with Gasteiger partial charge in [-0.15, -0.1) is 0 Å². The second kappa shape index (κ2) is 10.1. The van der Waals surface area contributed by atoms with Crippen molar-refractivity contribution in [1.29, 1.82) is 0 Å². The van der Waals surface area contributed by atoms with Crippen LogP contribution < -0.4 is 16.6 Å². The molecule has 33 heavy (non-hydrogen) atoms. The fourth-order valence-electron chi connectivity index (χ4n) is 4.18. The molecule has 1 saturated heterocycles. The first-order valence-electron chi connectivity index (χ1n) is 11.1. The van der Waals surface area contributed by atoms with Crippen LogP contribution in [-0.2, 0) is 33.9 Å². The van der Waals surface area contributed by atoms with E-state index in [9.17, 15) is 14.4 Å². The number of rotatable bonds is 9. The van der Waals surface area contributed by atoms with Crippen LogP contribution in [0.25, 0.3) is 11.2 Å². The van der Waals surface area contributed by atoms with Crippen molar-refractivity contribution >= 4 is 17.1 Å². The molecule has 10 nitrogen and oxygen atoms in total. The highest BCUT2D eigenvalue weighted by Crippen LogP contribution is 2.15. The van der Waals surface area contributed by atoms with Gasteiger partial charge in [0.2, 0.25) is 5.91 Å². The molecular weight excluding hydrogens is 426 g/mol. The average molecular weight is 456 g/mol. The Morgan fingerprint density at radius 2 is 2.06 bits per heavy atom. The van der Waals surface area contributed by atoms with Crippen molar-refractivity contribution in [2.45, 2.75) is 51.5 Å². The minimum atomic E-state index is -0.576. The lowest BCUT2D eigenvalue weighted by molar-refractivity contribution is -0.123. The molecular formula is C23H29N5O5. The molecule has 1 amide bonds. The van der Waals surface area contributed by atoms with Gasteiger partial charge in [0.15, 0.2) is 11.2 Å². The monoisotopic (exact) mass is 455 g/mol. The predicted molar refractivity (Wildman–Crippen MR) is 122 cm³/mol. The number of nitrogens with zero attached hydrogens (tertiary/aromatic N) is 4. The fourth-order valence-corrected chi connectivity index (χ4v) is 4.18. The quantitative estimate of drug-likeness (QED) is 0.510. The molecule has 1 aromatic carbocycles. The second-order valence-electron chi connectivity index (χ2n) is 8.26. The van der Waals surface area contributed by atoms with Gasteiger partial charge in [0.05, 0.1) is 31.6 Å². The number of amides is 1. The summed E-state index contributed by atoms with van der Waals surface area (Å²) < 4.78 is 14.8. The van der Waals surface area contributed by atoms with E-state index in [2.05, 4.69) is 10.3 Å². The van der Waals surface area contributed by atoms with E-state index in [0.29, 0.717) is 19.8 Å². The summed E-state index contributed by atoms with van der Waals surface area (Å²) in [5, 5.41) is 2.87. The van der Waals surface area contributed by atoms with Gasteiger partial charge in [0.1, 0.15) is 6.54 Å². The third-order valence-electron chi connectivity index (χ3n) is 5.92. The van der Waals surface area contributed by atoms with E-state index in [-0.39, 0.29) is 36.4 Å². The molecule has 1 fully saturated rings. The van der Waals surface area contributed by atoms with Gasteiger partial charge in [-0.3, -0.25) is 14.2 Å². The normalized spacial score (nSPS) is 16.8. The van der Waals surface area contributed by atoms with E-state index in [4.69, 9.17) is 9.47 Å². The van der Waals surface area contributed by atoms with Crippen molar-refractivity contribution < 1.29 is 14.3 Å². The number of hydrogen-bond acceptors (Lipinski definition) is 6. The first-order chi connectivity index (χ1) is 16.0. The molecule has 0 radical (unpaired) electrons. The molecule has 10 heteroatoms. The zero-order chi connectivity index (χ0) is 23.4. The van der Waals surface area contributed by atoms with Crippen LogP contribution in [0.5, 0.6) is 0 Å². The van der Waals surface area contributed by atoms with Crippen molar-refractivity contribution in [2.24, 2.45) is 0 Å². The van der Waals surface area contributed by atoms with Crippen LogP contribution in [0.1, 0.15) is 25.3 Å². The standard InChI is InChI=1S/C23H29N5O5/c1-16(18-9-6-11-33-18)25-19(29)14-28-22(30)20-21(24-15-26(20)10-12-32-2)27(23(28)31)13-17-7-4-3-5-8-17/h3-5,7-8,15-16,18H,6,9-14H2,1-2H3,(H,25,29). The van der Waals surface area contributed by atoms with Crippen LogP contribution in [0, 0.1) is 0 Å². The van der Waals surface area contributed by atoms with Crippen LogP contribution >= 0.6 is 0 Å². The summed E-state index contributed by atoms with van der Waals surface area (Å²) in [5.74, 6) is -0.411. The Morgan fingerprint density at radius 1 is 1.27 bits per heavy atom. The smallest absolute Gasteiger partial charge is 0.333 e. The number of methoxy groups -OCH3 is 1. The first kappa shape index (κ1) is 22.9. The number of carbonyl (C=O) groups is 1. The van der Waals surface area contributed by atoms with Gasteiger partial charge in [-0.2, -0.15) is 0 Å². The maximum atomic E-state index is 13.4. The van der Waals surface area contributed by atoms with Crippen LogP contribution in [0.2, 0.25) is 0 Å². The van der Waals surface area contributed by atoms with Crippen molar-refractivity contribution in [3.05, 3.63) is 63.1 Å². The molecule has 0 spiro atoms. The molecule has 0 bridgehead atoms. The summed E-state index contributed by atoms with van der Waals surface area (Å²) in [6, 6.07) is 9.23. The van der Waals surface area contributed by atoms with Gasteiger partial charge >= 0.3 is 5.69 Å². The van der Waals surface area contributed by atoms with Crippen LogP contribution in [0.4, 0.5) is 0 Å². The lowest BCUT2D eigenvalue weighted by Crippen LogP contribution is -2.47.